The second kappa shape index (κ2) is 6.00. The fourth-order valence-electron chi connectivity index (χ4n) is 1.52. The van der Waals surface area contributed by atoms with Gasteiger partial charge in [-0.05, 0) is 41.3 Å². The highest BCUT2D eigenvalue weighted by Gasteiger charge is 2.22. The maximum atomic E-state index is 11.4. The molecule has 1 aromatic rings. The van der Waals surface area contributed by atoms with Crippen LogP contribution in [0, 0.1) is 0 Å². The lowest BCUT2D eigenvalue weighted by Crippen LogP contribution is -2.25. The quantitative estimate of drug-likeness (QED) is 0.792. The molecule has 1 aliphatic carbocycles. The number of carbonyl (C=O) groups excluding carboxylic acids is 1. The van der Waals surface area contributed by atoms with Crippen molar-refractivity contribution in [3.8, 4) is 0 Å². The van der Waals surface area contributed by atoms with Gasteiger partial charge in [0.25, 0.3) is 0 Å². The van der Waals surface area contributed by atoms with E-state index in [0.717, 1.165) is 36.0 Å². The molecule has 5 heteroatoms. The van der Waals surface area contributed by atoms with Gasteiger partial charge in [0.15, 0.2) is 0 Å². The Morgan fingerprint density at radius 2 is 2.29 bits per heavy atom. The van der Waals surface area contributed by atoms with Crippen molar-refractivity contribution in [2.75, 3.05) is 11.9 Å². The standard InChI is InChI=1S/C12H16BrN3O/c13-9-6-11(8-14-7-9)15-5-1-2-12(17)16-10-3-4-10/h6-8,10,15H,1-5H2,(H,16,17). The summed E-state index contributed by atoms with van der Waals surface area (Å²) >= 11 is 3.36. The van der Waals surface area contributed by atoms with Gasteiger partial charge in [0.2, 0.25) is 5.91 Å². The van der Waals surface area contributed by atoms with Crippen molar-refractivity contribution in [1.29, 1.82) is 0 Å². The second-order valence-corrected chi connectivity index (χ2v) is 5.18. The van der Waals surface area contributed by atoms with Gasteiger partial charge in [-0.2, -0.15) is 0 Å². The van der Waals surface area contributed by atoms with Gasteiger partial charge in [0.05, 0.1) is 11.9 Å². The summed E-state index contributed by atoms with van der Waals surface area (Å²) in [4.78, 5) is 15.5. The van der Waals surface area contributed by atoms with Gasteiger partial charge in [-0.3, -0.25) is 9.78 Å². The Bertz CT molecular complexity index is 393. The molecule has 1 heterocycles. The highest BCUT2D eigenvalue weighted by atomic mass is 79.9. The van der Waals surface area contributed by atoms with Crippen LogP contribution in [-0.4, -0.2) is 23.5 Å². The van der Waals surface area contributed by atoms with Crippen molar-refractivity contribution < 1.29 is 4.79 Å². The first-order chi connectivity index (χ1) is 8.24. The van der Waals surface area contributed by atoms with Crippen molar-refractivity contribution in [3.63, 3.8) is 0 Å². The van der Waals surface area contributed by atoms with E-state index < -0.39 is 0 Å². The molecule has 17 heavy (non-hydrogen) atoms. The molecule has 1 saturated carbocycles. The van der Waals surface area contributed by atoms with E-state index in [-0.39, 0.29) is 5.91 Å². The zero-order valence-corrected chi connectivity index (χ0v) is 11.2. The van der Waals surface area contributed by atoms with E-state index in [2.05, 4.69) is 31.5 Å². The van der Waals surface area contributed by atoms with Gasteiger partial charge in [-0.1, -0.05) is 0 Å². The van der Waals surface area contributed by atoms with Crippen LogP contribution in [0.2, 0.25) is 0 Å². The molecule has 0 aromatic carbocycles. The number of hydrogen-bond donors (Lipinski definition) is 2. The molecule has 0 radical (unpaired) electrons. The predicted molar refractivity (Wildman–Crippen MR) is 70.8 cm³/mol. The first-order valence-electron chi connectivity index (χ1n) is 5.88. The second-order valence-electron chi connectivity index (χ2n) is 4.26. The molecular weight excluding hydrogens is 282 g/mol. The highest BCUT2D eigenvalue weighted by Crippen LogP contribution is 2.18. The molecule has 0 aliphatic heterocycles. The van der Waals surface area contributed by atoms with Crippen molar-refractivity contribution in [2.24, 2.45) is 0 Å². The summed E-state index contributed by atoms with van der Waals surface area (Å²) in [6.07, 6.45) is 7.24. The van der Waals surface area contributed by atoms with Crippen LogP contribution in [0.3, 0.4) is 0 Å². The Kier molecular flexibility index (Phi) is 4.36. The zero-order valence-electron chi connectivity index (χ0n) is 9.58. The van der Waals surface area contributed by atoms with Crippen LogP contribution in [0.5, 0.6) is 0 Å². The van der Waals surface area contributed by atoms with Crippen molar-refractivity contribution in [1.82, 2.24) is 10.3 Å². The van der Waals surface area contributed by atoms with Crippen molar-refractivity contribution >= 4 is 27.5 Å². The number of hydrogen-bond acceptors (Lipinski definition) is 3. The van der Waals surface area contributed by atoms with Crippen molar-refractivity contribution in [3.05, 3.63) is 22.9 Å². The van der Waals surface area contributed by atoms with E-state index >= 15 is 0 Å². The number of anilines is 1. The molecule has 1 amide bonds. The largest absolute Gasteiger partial charge is 0.384 e. The Labute approximate surface area is 109 Å². The van der Waals surface area contributed by atoms with E-state index in [4.69, 9.17) is 0 Å². The van der Waals surface area contributed by atoms with Crippen LogP contribution in [0.1, 0.15) is 25.7 Å². The Morgan fingerprint density at radius 1 is 1.47 bits per heavy atom. The SMILES string of the molecule is O=C(CCCNc1cncc(Br)c1)NC1CC1. The number of halogens is 1. The van der Waals surface area contributed by atoms with Gasteiger partial charge in [0.1, 0.15) is 0 Å². The molecule has 0 saturated heterocycles. The van der Waals surface area contributed by atoms with Gasteiger partial charge in [-0.15, -0.1) is 0 Å². The van der Waals surface area contributed by atoms with E-state index in [1.165, 1.54) is 0 Å². The summed E-state index contributed by atoms with van der Waals surface area (Å²) in [5, 5.41) is 6.21. The number of nitrogens with zero attached hydrogens (tertiary/aromatic N) is 1. The maximum absolute atomic E-state index is 11.4. The summed E-state index contributed by atoms with van der Waals surface area (Å²) in [5.74, 6) is 0.168. The predicted octanol–water partition coefficient (Wildman–Crippen LogP) is 2.31. The van der Waals surface area contributed by atoms with Gasteiger partial charge < -0.3 is 10.6 Å². The summed E-state index contributed by atoms with van der Waals surface area (Å²) < 4.78 is 0.953. The van der Waals surface area contributed by atoms with Crippen LogP contribution >= 0.6 is 15.9 Å². The zero-order chi connectivity index (χ0) is 12.1. The molecule has 0 spiro atoms. The molecule has 0 unspecified atom stereocenters. The van der Waals surface area contributed by atoms with Crippen LogP contribution in [0.4, 0.5) is 5.69 Å². The third-order valence-corrected chi connectivity index (χ3v) is 2.99. The number of carbonyl (C=O) groups is 1. The minimum absolute atomic E-state index is 0.168. The number of aromatic nitrogens is 1. The average molecular weight is 298 g/mol. The van der Waals surface area contributed by atoms with Crippen LogP contribution < -0.4 is 10.6 Å². The Balaban J connectivity index is 1.60. The molecule has 4 nitrogen and oxygen atoms in total. The van der Waals surface area contributed by atoms with Gasteiger partial charge in [-0.25, -0.2) is 0 Å². The van der Waals surface area contributed by atoms with E-state index in [9.17, 15) is 4.79 Å². The lowest BCUT2D eigenvalue weighted by atomic mass is 10.3. The maximum Gasteiger partial charge on any atom is 0.220 e. The lowest BCUT2D eigenvalue weighted by molar-refractivity contribution is -0.121. The molecule has 0 bridgehead atoms. The number of amides is 1. The molecular formula is C12H16BrN3O. The minimum Gasteiger partial charge on any atom is -0.384 e. The smallest absolute Gasteiger partial charge is 0.220 e. The molecule has 2 rings (SSSR count). The molecule has 1 aromatic heterocycles. The lowest BCUT2D eigenvalue weighted by Gasteiger charge is -2.06. The number of nitrogens with one attached hydrogen (secondary N) is 2. The highest BCUT2D eigenvalue weighted by molar-refractivity contribution is 9.10. The van der Waals surface area contributed by atoms with Gasteiger partial charge >= 0.3 is 0 Å². The van der Waals surface area contributed by atoms with E-state index in [1.54, 1.807) is 12.4 Å². The van der Waals surface area contributed by atoms with Crippen LogP contribution in [0.15, 0.2) is 22.9 Å². The molecule has 1 aliphatic rings. The van der Waals surface area contributed by atoms with Gasteiger partial charge in [0, 0.05) is 29.7 Å². The van der Waals surface area contributed by atoms with E-state index in [1.807, 2.05) is 6.07 Å². The molecule has 1 fully saturated rings. The first-order valence-corrected chi connectivity index (χ1v) is 6.67. The third-order valence-electron chi connectivity index (χ3n) is 2.56. The van der Waals surface area contributed by atoms with Crippen LogP contribution in [-0.2, 0) is 4.79 Å². The fourth-order valence-corrected chi connectivity index (χ4v) is 1.88. The molecule has 2 N–H and O–H groups in total. The average Bonchev–Trinajstić information content (AvgIpc) is 3.08. The summed E-state index contributed by atoms with van der Waals surface area (Å²) in [6, 6.07) is 2.43. The fraction of sp³-hybridized carbons (Fsp3) is 0.500. The van der Waals surface area contributed by atoms with E-state index in [0.29, 0.717) is 12.5 Å². The topological polar surface area (TPSA) is 54.0 Å². The summed E-state index contributed by atoms with van der Waals surface area (Å²) in [7, 11) is 0. The summed E-state index contributed by atoms with van der Waals surface area (Å²) in [6.45, 7) is 0.788. The third kappa shape index (κ3) is 4.73. The molecule has 92 valence electrons. The monoisotopic (exact) mass is 297 g/mol. The summed E-state index contributed by atoms with van der Waals surface area (Å²) in [5.41, 5.74) is 0.974. The molecule has 0 atom stereocenters. The Hall–Kier alpha value is -1.10. The van der Waals surface area contributed by atoms with Crippen molar-refractivity contribution in [2.45, 2.75) is 31.7 Å². The Morgan fingerprint density at radius 3 is 3.00 bits per heavy atom. The van der Waals surface area contributed by atoms with Crippen LogP contribution in [0.25, 0.3) is 0 Å². The normalized spacial score (nSPS) is 14.4. The minimum atomic E-state index is 0.168. The number of pyridine rings is 1. The first kappa shape index (κ1) is 12.4. The number of rotatable bonds is 6.